The lowest BCUT2D eigenvalue weighted by Crippen LogP contribution is -2.19. The quantitative estimate of drug-likeness (QED) is 0.751. The molecule has 0 spiro atoms. The Morgan fingerprint density at radius 1 is 1.20 bits per heavy atom. The second-order valence-electron chi connectivity index (χ2n) is 5.21. The molecule has 1 nitrogen and oxygen atoms in total. The Kier molecular flexibility index (Phi) is 4.81. The summed E-state index contributed by atoms with van der Waals surface area (Å²) in [5, 5.41) is 3.51. The van der Waals surface area contributed by atoms with Crippen molar-refractivity contribution in [2.24, 2.45) is 5.41 Å². The van der Waals surface area contributed by atoms with E-state index in [1.165, 1.54) is 16.2 Å². The fourth-order valence-electron chi connectivity index (χ4n) is 1.38. The molecule has 0 atom stereocenters. The first-order chi connectivity index (χ1) is 7.01. The van der Waals surface area contributed by atoms with Gasteiger partial charge in [-0.2, -0.15) is 0 Å². The van der Waals surface area contributed by atoms with Crippen molar-refractivity contribution in [1.82, 2.24) is 5.32 Å². The molecule has 1 heterocycles. The second kappa shape index (κ2) is 5.66. The van der Waals surface area contributed by atoms with Gasteiger partial charge in [-0.15, -0.1) is 11.3 Å². The zero-order chi connectivity index (χ0) is 11.3. The van der Waals surface area contributed by atoms with Gasteiger partial charge in [-0.25, -0.2) is 0 Å². The summed E-state index contributed by atoms with van der Waals surface area (Å²) in [6.45, 7) is 11.2. The van der Waals surface area contributed by atoms with Gasteiger partial charge in [0.25, 0.3) is 0 Å². The van der Waals surface area contributed by atoms with Crippen molar-refractivity contribution >= 4 is 11.3 Å². The highest BCUT2D eigenvalue weighted by Crippen LogP contribution is 2.18. The number of aryl methyl sites for hydroxylation is 1. The van der Waals surface area contributed by atoms with Crippen LogP contribution < -0.4 is 5.32 Å². The third-order valence-corrected chi connectivity index (χ3v) is 3.65. The van der Waals surface area contributed by atoms with E-state index in [2.05, 4.69) is 45.1 Å². The van der Waals surface area contributed by atoms with Crippen LogP contribution >= 0.6 is 11.3 Å². The Morgan fingerprint density at radius 3 is 2.40 bits per heavy atom. The Bertz CT molecular complexity index is 283. The number of rotatable bonds is 5. The van der Waals surface area contributed by atoms with Gasteiger partial charge >= 0.3 is 0 Å². The summed E-state index contributed by atoms with van der Waals surface area (Å²) in [6, 6.07) is 4.49. The monoisotopic (exact) mass is 225 g/mol. The lowest BCUT2D eigenvalue weighted by atomic mass is 9.92. The maximum atomic E-state index is 3.51. The molecule has 0 aromatic carbocycles. The Morgan fingerprint density at radius 2 is 1.87 bits per heavy atom. The summed E-state index contributed by atoms with van der Waals surface area (Å²) < 4.78 is 0. The molecule has 0 fully saturated rings. The molecule has 0 aliphatic rings. The van der Waals surface area contributed by atoms with E-state index in [0.717, 1.165) is 19.5 Å². The molecule has 0 amide bonds. The van der Waals surface area contributed by atoms with Gasteiger partial charge in [0.1, 0.15) is 0 Å². The Balaban J connectivity index is 2.20. The highest BCUT2D eigenvalue weighted by molar-refractivity contribution is 7.11. The molecule has 1 rings (SSSR count). The minimum atomic E-state index is 0.441. The van der Waals surface area contributed by atoms with Crippen LogP contribution in [0.25, 0.3) is 0 Å². The van der Waals surface area contributed by atoms with Crippen LogP contribution in [0.15, 0.2) is 12.1 Å². The molecule has 0 saturated heterocycles. The minimum Gasteiger partial charge on any atom is -0.312 e. The van der Waals surface area contributed by atoms with Crippen molar-refractivity contribution in [1.29, 1.82) is 0 Å². The van der Waals surface area contributed by atoms with E-state index in [1.807, 2.05) is 11.3 Å². The Hall–Kier alpha value is -0.340. The van der Waals surface area contributed by atoms with Crippen LogP contribution in [0, 0.1) is 5.41 Å². The van der Waals surface area contributed by atoms with Gasteiger partial charge in [0.15, 0.2) is 0 Å². The van der Waals surface area contributed by atoms with E-state index < -0.39 is 0 Å². The normalized spacial score (nSPS) is 12.0. The largest absolute Gasteiger partial charge is 0.312 e. The van der Waals surface area contributed by atoms with Crippen LogP contribution in [-0.2, 0) is 13.0 Å². The molecule has 86 valence electrons. The van der Waals surface area contributed by atoms with E-state index in [4.69, 9.17) is 0 Å². The van der Waals surface area contributed by atoms with Crippen molar-refractivity contribution < 1.29 is 0 Å². The van der Waals surface area contributed by atoms with Crippen molar-refractivity contribution in [3.63, 3.8) is 0 Å². The summed E-state index contributed by atoms with van der Waals surface area (Å²) in [4.78, 5) is 2.95. The average molecular weight is 225 g/mol. The van der Waals surface area contributed by atoms with Gasteiger partial charge in [0.05, 0.1) is 0 Å². The minimum absolute atomic E-state index is 0.441. The van der Waals surface area contributed by atoms with E-state index in [9.17, 15) is 0 Å². The highest BCUT2D eigenvalue weighted by Gasteiger charge is 2.08. The molecule has 0 aliphatic heterocycles. The molecule has 0 aliphatic carbocycles. The highest BCUT2D eigenvalue weighted by atomic mass is 32.1. The molecule has 0 unspecified atom stereocenters. The van der Waals surface area contributed by atoms with Crippen molar-refractivity contribution in [3.05, 3.63) is 21.9 Å². The van der Waals surface area contributed by atoms with E-state index >= 15 is 0 Å². The molecule has 15 heavy (non-hydrogen) atoms. The van der Waals surface area contributed by atoms with Gasteiger partial charge < -0.3 is 5.32 Å². The van der Waals surface area contributed by atoms with Crippen molar-refractivity contribution in [2.45, 2.75) is 47.1 Å². The van der Waals surface area contributed by atoms with Gasteiger partial charge in [-0.3, -0.25) is 0 Å². The van der Waals surface area contributed by atoms with Gasteiger partial charge in [0.2, 0.25) is 0 Å². The lowest BCUT2D eigenvalue weighted by molar-refractivity contribution is 0.367. The first-order valence-electron chi connectivity index (χ1n) is 5.79. The zero-order valence-electron chi connectivity index (χ0n) is 10.4. The third-order valence-electron chi connectivity index (χ3n) is 2.42. The van der Waals surface area contributed by atoms with Gasteiger partial charge in [-0.1, -0.05) is 27.7 Å². The SMILES string of the molecule is CCc1ccc(CNCCC(C)(C)C)s1. The third kappa shape index (κ3) is 5.33. The van der Waals surface area contributed by atoms with Gasteiger partial charge in [0, 0.05) is 16.3 Å². The predicted octanol–water partition coefficient (Wildman–Crippen LogP) is 3.84. The fraction of sp³-hybridized carbons (Fsp3) is 0.692. The second-order valence-corrected chi connectivity index (χ2v) is 6.46. The summed E-state index contributed by atoms with van der Waals surface area (Å²) in [6.07, 6.45) is 2.39. The molecule has 0 saturated carbocycles. The topological polar surface area (TPSA) is 12.0 Å². The van der Waals surface area contributed by atoms with Crippen molar-refractivity contribution in [2.75, 3.05) is 6.54 Å². The molecule has 2 heteroatoms. The summed E-state index contributed by atoms with van der Waals surface area (Å²) >= 11 is 1.93. The first kappa shape index (κ1) is 12.7. The Labute approximate surface area is 97.9 Å². The molecule has 1 aromatic heterocycles. The van der Waals surface area contributed by atoms with Crippen LogP contribution in [0.2, 0.25) is 0 Å². The molecule has 1 N–H and O–H groups in total. The van der Waals surface area contributed by atoms with E-state index in [1.54, 1.807) is 0 Å². The first-order valence-corrected chi connectivity index (χ1v) is 6.61. The zero-order valence-corrected chi connectivity index (χ0v) is 11.2. The van der Waals surface area contributed by atoms with Crippen LogP contribution in [0.4, 0.5) is 0 Å². The summed E-state index contributed by atoms with van der Waals surface area (Å²) in [7, 11) is 0. The van der Waals surface area contributed by atoms with Gasteiger partial charge in [-0.05, 0) is 36.9 Å². The van der Waals surface area contributed by atoms with Crippen LogP contribution in [-0.4, -0.2) is 6.54 Å². The number of hydrogen-bond donors (Lipinski definition) is 1. The fourth-order valence-corrected chi connectivity index (χ4v) is 2.31. The molecular formula is C13H23NS. The molecule has 0 radical (unpaired) electrons. The van der Waals surface area contributed by atoms with Crippen molar-refractivity contribution in [3.8, 4) is 0 Å². The molecule has 0 bridgehead atoms. The predicted molar refractivity (Wildman–Crippen MR) is 69.5 cm³/mol. The summed E-state index contributed by atoms with van der Waals surface area (Å²) in [5.41, 5.74) is 0.441. The van der Waals surface area contributed by atoms with E-state index in [0.29, 0.717) is 5.41 Å². The molecular weight excluding hydrogens is 202 g/mol. The smallest absolute Gasteiger partial charge is 0.0299 e. The molecule has 1 aromatic rings. The van der Waals surface area contributed by atoms with Crippen LogP contribution in [0.5, 0.6) is 0 Å². The number of nitrogens with one attached hydrogen (secondary N) is 1. The maximum absolute atomic E-state index is 3.51. The maximum Gasteiger partial charge on any atom is 0.0299 e. The standard InChI is InChI=1S/C13H23NS/c1-5-11-6-7-12(15-11)10-14-9-8-13(2,3)4/h6-7,14H,5,8-10H2,1-4H3. The van der Waals surface area contributed by atoms with Crippen LogP contribution in [0.3, 0.4) is 0 Å². The number of hydrogen-bond acceptors (Lipinski definition) is 2. The summed E-state index contributed by atoms with van der Waals surface area (Å²) in [5.74, 6) is 0. The van der Waals surface area contributed by atoms with E-state index in [-0.39, 0.29) is 0 Å². The number of thiophene rings is 1. The average Bonchev–Trinajstić information content (AvgIpc) is 2.59. The van der Waals surface area contributed by atoms with Crippen LogP contribution in [0.1, 0.15) is 43.9 Å². The lowest BCUT2D eigenvalue weighted by Gasteiger charge is -2.17.